The lowest BCUT2D eigenvalue weighted by atomic mass is 10.2. The largest absolute Gasteiger partial charge is 0.507 e. The summed E-state index contributed by atoms with van der Waals surface area (Å²) in [7, 11) is 1.51. The monoisotopic (exact) mass is 274 g/mol. The molecule has 0 fully saturated rings. The van der Waals surface area contributed by atoms with Crippen LogP contribution < -0.4 is 10.2 Å². The number of rotatable bonds is 4. The highest BCUT2D eigenvalue weighted by Crippen LogP contribution is 2.21. The number of amides is 1. The van der Waals surface area contributed by atoms with Crippen LogP contribution >= 0.6 is 0 Å². The number of methoxy groups -OCH3 is 1. The SMILES string of the molecule is COc1ccc(/C=N\NC(=O)c2ccoc2C)c(O)c1. The van der Waals surface area contributed by atoms with E-state index in [0.717, 1.165) is 0 Å². The fourth-order valence-electron chi connectivity index (χ4n) is 1.60. The molecule has 20 heavy (non-hydrogen) atoms. The van der Waals surface area contributed by atoms with E-state index in [1.165, 1.54) is 25.7 Å². The third-order valence-electron chi connectivity index (χ3n) is 2.71. The number of nitrogens with one attached hydrogen (secondary N) is 1. The Bertz CT molecular complexity index is 646. The lowest BCUT2D eigenvalue weighted by Crippen LogP contribution is -2.17. The minimum Gasteiger partial charge on any atom is -0.507 e. The molecule has 0 bridgehead atoms. The van der Waals surface area contributed by atoms with Crippen molar-refractivity contribution in [1.29, 1.82) is 0 Å². The molecule has 0 aliphatic heterocycles. The predicted molar refractivity (Wildman–Crippen MR) is 73.2 cm³/mol. The van der Waals surface area contributed by atoms with E-state index >= 15 is 0 Å². The van der Waals surface area contributed by atoms with Crippen LogP contribution in [0.1, 0.15) is 21.7 Å². The van der Waals surface area contributed by atoms with Crippen molar-refractivity contribution in [2.45, 2.75) is 6.92 Å². The van der Waals surface area contributed by atoms with Crippen molar-refractivity contribution in [1.82, 2.24) is 5.43 Å². The van der Waals surface area contributed by atoms with Gasteiger partial charge in [0.15, 0.2) is 0 Å². The van der Waals surface area contributed by atoms with Gasteiger partial charge in [0.2, 0.25) is 0 Å². The van der Waals surface area contributed by atoms with Gasteiger partial charge in [-0.25, -0.2) is 5.43 Å². The number of phenolic OH excluding ortho intramolecular Hbond substituents is 1. The fraction of sp³-hybridized carbons (Fsp3) is 0.143. The number of furan rings is 1. The number of phenols is 1. The summed E-state index contributed by atoms with van der Waals surface area (Å²) in [5.41, 5.74) is 3.24. The average Bonchev–Trinajstić information content (AvgIpc) is 2.86. The average molecular weight is 274 g/mol. The molecule has 2 aromatic rings. The third-order valence-corrected chi connectivity index (χ3v) is 2.71. The van der Waals surface area contributed by atoms with Crippen LogP contribution in [0.3, 0.4) is 0 Å². The number of hydrogen-bond donors (Lipinski definition) is 2. The molecule has 1 aromatic carbocycles. The van der Waals surface area contributed by atoms with E-state index in [1.54, 1.807) is 25.1 Å². The van der Waals surface area contributed by atoms with E-state index < -0.39 is 0 Å². The smallest absolute Gasteiger partial charge is 0.274 e. The Morgan fingerprint density at radius 1 is 1.45 bits per heavy atom. The number of aryl methyl sites for hydroxylation is 1. The molecular formula is C14H14N2O4. The van der Waals surface area contributed by atoms with Gasteiger partial charge >= 0.3 is 0 Å². The van der Waals surface area contributed by atoms with Crippen LogP contribution in [-0.4, -0.2) is 24.3 Å². The molecule has 2 rings (SSSR count). The van der Waals surface area contributed by atoms with Crippen molar-refractivity contribution in [2.75, 3.05) is 7.11 Å². The first-order chi connectivity index (χ1) is 9.61. The number of carbonyl (C=O) groups is 1. The number of ether oxygens (including phenoxy) is 1. The summed E-state index contributed by atoms with van der Waals surface area (Å²) >= 11 is 0. The number of aromatic hydroxyl groups is 1. The Morgan fingerprint density at radius 3 is 2.85 bits per heavy atom. The summed E-state index contributed by atoms with van der Waals surface area (Å²) in [4.78, 5) is 11.7. The summed E-state index contributed by atoms with van der Waals surface area (Å²) in [6.07, 6.45) is 2.78. The molecule has 1 aromatic heterocycles. The molecule has 0 radical (unpaired) electrons. The highest BCUT2D eigenvalue weighted by molar-refractivity contribution is 5.95. The molecule has 104 valence electrons. The quantitative estimate of drug-likeness (QED) is 0.660. The van der Waals surface area contributed by atoms with Crippen molar-refractivity contribution in [3.8, 4) is 11.5 Å². The summed E-state index contributed by atoms with van der Waals surface area (Å²) in [6.45, 7) is 1.69. The number of hydrazone groups is 1. The summed E-state index contributed by atoms with van der Waals surface area (Å²) < 4.78 is 10.00. The van der Waals surface area contributed by atoms with Crippen LogP contribution in [0.4, 0.5) is 0 Å². The standard InChI is InChI=1S/C14H14N2O4/c1-9-12(5-6-20-9)14(18)16-15-8-10-3-4-11(19-2)7-13(10)17/h3-8,17H,1-2H3,(H,16,18)/b15-8-. The van der Waals surface area contributed by atoms with E-state index in [9.17, 15) is 9.90 Å². The van der Waals surface area contributed by atoms with Gasteiger partial charge in [-0.05, 0) is 25.1 Å². The molecule has 0 spiro atoms. The number of nitrogens with zero attached hydrogens (tertiary/aromatic N) is 1. The van der Waals surface area contributed by atoms with E-state index in [0.29, 0.717) is 22.6 Å². The highest BCUT2D eigenvalue weighted by atomic mass is 16.5. The molecule has 0 saturated carbocycles. The van der Waals surface area contributed by atoms with Crippen LogP contribution in [0.5, 0.6) is 11.5 Å². The van der Waals surface area contributed by atoms with Crippen LogP contribution in [0.15, 0.2) is 40.0 Å². The van der Waals surface area contributed by atoms with E-state index in [-0.39, 0.29) is 11.7 Å². The first kappa shape index (κ1) is 13.7. The second kappa shape index (κ2) is 5.92. The molecule has 0 saturated heterocycles. The number of benzene rings is 1. The first-order valence-corrected chi connectivity index (χ1v) is 5.86. The second-order valence-corrected chi connectivity index (χ2v) is 4.01. The molecular weight excluding hydrogens is 260 g/mol. The molecule has 0 aliphatic rings. The van der Waals surface area contributed by atoms with Gasteiger partial charge in [-0.15, -0.1) is 0 Å². The van der Waals surface area contributed by atoms with Gasteiger partial charge in [0.05, 0.1) is 25.2 Å². The Kier molecular flexibility index (Phi) is 4.05. The predicted octanol–water partition coefficient (Wildman–Crippen LogP) is 2.07. The van der Waals surface area contributed by atoms with Gasteiger partial charge < -0.3 is 14.3 Å². The van der Waals surface area contributed by atoms with E-state index in [2.05, 4.69) is 10.5 Å². The maximum absolute atomic E-state index is 11.7. The lowest BCUT2D eigenvalue weighted by Gasteiger charge is -2.02. The fourth-order valence-corrected chi connectivity index (χ4v) is 1.60. The van der Waals surface area contributed by atoms with Gasteiger partial charge in [-0.3, -0.25) is 4.79 Å². The number of carbonyl (C=O) groups excluding carboxylic acids is 1. The van der Waals surface area contributed by atoms with Gasteiger partial charge in [0.1, 0.15) is 17.3 Å². The van der Waals surface area contributed by atoms with Crippen molar-refractivity contribution in [3.05, 3.63) is 47.4 Å². The van der Waals surface area contributed by atoms with Gasteiger partial charge in [0, 0.05) is 11.6 Å². The lowest BCUT2D eigenvalue weighted by molar-refractivity contribution is 0.0953. The molecule has 0 atom stereocenters. The van der Waals surface area contributed by atoms with Crippen LogP contribution in [-0.2, 0) is 0 Å². The van der Waals surface area contributed by atoms with Crippen LogP contribution in [0.25, 0.3) is 0 Å². The van der Waals surface area contributed by atoms with Crippen LogP contribution in [0, 0.1) is 6.92 Å². The van der Waals surface area contributed by atoms with Crippen molar-refractivity contribution in [3.63, 3.8) is 0 Å². The topological polar surface area (TPSA) is 84.1 Å². The Balaban J connectivity index is 2.04. The van der Waals surface area contributed by atoms with Crippen molar-refractivity contribution in [2.24, 2.45) is 5.10 Å². The Hall–Kier alpha value is -2.76. The maximum Gasteiger partial charge on any atom is 0.274 e. The summed E-state index contributed by atoms with van der Waals surface area (Å²) in [6, 6.07) is 6.34. The van der Waals surface area contributed by atoms with E-state index in [1.807, 2.05) is 0 Å². The van der Waals surface area contributed by atoms with Gasteiger partial charge in [0.25, 0.3) is 5.91 Å². The molecule has 0 aliphatic carbocycles. The highest BCUT2D eigenvalue weighted by Gasteiger charge is 2.10. The minimum atomic E-state index is -0.375. The molecule has 1 heterocycles. The van der Waals surface area contributed by atoms with E-state index in [4.69, 9.17) is 9.15 Å². The molecule has 2 N–H and O–H groups in total. The van der Waals surface area contributed by atoms with Crippen molar-refractivity contribution >= 4 is 12.1 Å². The summed E-state index contributed by atoms with van der Waals surface area (Å²) in [5, 5.41) is 13.5. The van der Waals surface area contributed by atoms with Gasteiger partial charge in [-0.1, -0.05) is 0 Å². The summed E-state index contributed by atoms with van der Waals surface area (Å²) in [5.74, 6) is 0.699. The zero-order valence-electron chi connectivity index (χ0n) is 11.1. The normalized spacial score (nSPS) is 10.7. The Morgan fingerprint density at radius 2 is 2.25 bits per heavy atom. The zero-order valence-corrected chi connectivity index (χ0v) is 11.1. The third kappa shape index (κ3) is 2.97. The van der Waals surface area contributed by atoms with Crippen molar-refractivity contribution < 1.29 is 19.1 Å². The van der Waals surface area contributed by atoms with Gasteiger partial charge in [-0.2, -0.15) is 5.10 Å². The molecule has 1 amide bonds. The molecule has 6 nitrogen and oxygen atoms in total. The Labute approximate surface area is 115 Å². The molecule has 0 unspecified atom stereocenters. The second-order valence-electron chi connectivity index (χ2n) is 4.01. The molecule has 6 heteroatoms. The maximum atomic E-state index is 11.7. The van der Waals surface area contributed by atoms with Crippen LogP contribution in [0.2, 0.25) is 0 Å². The number of hydrogen-bond acceptors (Lipinski definition) is 5. The zero-order chi connectivity index (χ0) is 14.5. The first-order valence-electron chi connectivity index (χ1n) is 5.86. The minimum absolute atomic E-state index is 0.0156.